The molecule has 0 fully saturated rings. The number of nitrogens with two attached hydrogens (primary N) is 1. The van der Waals surface area contributed by atoms with Gasteiger partial charge in [0, 0.05) is 12.1 Å². The normalized spacial score (nSPS) is 12.9. The van der Waals surface area contributed by atoms with Crippen molar-refractivity contribution >= 4 is 11.6 Å². The maximum atomic E-state index is 11.6. The van der Waals surface area contributed by atoms with Crippen LogP contribution in [0.25, 0.3) is 11.1 Å². The molecule has 0 saturated carbocycles. The highest BCUT2D eigenvalue weighted by molar-refractivity contribution is 5.95. The minimum atomic E-state index is -0.156. The zero-order chi connectivity index (χ0) is 18.6. The number of carbonyl (C=O) groups is 1. The predicted octanol–water partition coefficient (Wildman–Crippen LogP) is 3.32. The van der Waals surface area contributed by atoms with Crippen LogP contribution in [0.5, 0.6) is 5.88 Å². The Morgan fingerprint density at radius 1 is 1.00 bits per heavy atom. The second kappa shape index (κ2) is 7.60. The van der Waals surface area contributed by atoms with E-state index in [-0.39, 0.29) is 12.5 Å². The molecule has 5 nitrogen and oxygen atoms in total. The van der Waals surface area contributed by atoms with E-state index in [4.69, 9.17) is 15.5 Å². The lowest BCUT2D eigenvalue weighted by atomic mass is 9.98. The summed E-state index contributed by atoms with van der Waals surface area (Å²) in [5, 5.41) is 2.85. The van der Waals surface area contributed by atoms with Gasteiger partial charge in [-0.15, -0.1) is 0 Å². The Bertz CT molecular complexity index is 953. The van der Waals surface area contributed by atoms with Crippen LogP contribution >= 0.6 is 0 Å². The summed E-state index contributed by atoms with van der Waals surface area (Å²) >= 11 is 0. The zero-order valence-electron chi connectivity index (χ0n) is 14.9. The third-order valence-electron chi connectivity index (χ3n) is 4.67. The van der Waals surface area contributed by atoms with Gasteiger partial charge in [-0.1, -0.05) is 54.6 Å². The molecule has 1 aliphatic heterocycles. The van der Waals surface area contributed by atoms with Crippen molar-refractivity contribution < 1.29 is 9.53 Å². The molecule has 2 heterocycles. The highest BCUT2D eigenvalue weighted by Crippen LogP contribution is 2.33. The molecular weight excluding hydrogens is 338 g/mol. The Hall–Kier alpha value is -3.18. The molecule has 5 heteroatoms. The first kappa shape index (κ1) is 17.2. The molecule has 1 amide bonds. The van der Waals surface area contributed by atoms with Crippen molar-refractivity contribution in [1.82, 2.24) is 4.98 Å². The van der Waals surface area contributed by atoms with Gasteiger partial charge in [0.1, 0.15) is 5.69 Å². The van der Waals surface area contributed by atoms with E-state index in [2.05, 4.69) is 41.7 Å². The van der Waals surface area contributed by atoms with E-state index in [0.717, 1.165) is 35.2 Å². The number of fused-ring (bicyclic) bond motifs is 1. The standard InChI is InChI=1S/C22H21N3O2/c23-13-16-8-6-15(7-9-16)10-11-19-18(17-4-2-1-3-5-17)12-20-22(25-19)27-14-21(26)24-20/h1-9,12H,10-11,13-14,23H2,(H,24,26). The summed E-state index contributed by atoms with van der Waals surface area (Å²) in [6.45, 7) is 0.554. The highest BCUT2D eigenvalue weighted by atomic mass is 16.5. The molecule has 0 atom stereocenters. The number of aromatic nitrogens is 1. The summed E-state index contributed by atoms with van der Waals surface area (Å²) in [6.07, 6.45) is 1.64. The molecule has 2 aromatic carbocycles. The molecule has 0 radical (unpaired) electrons. The van der Waals surface area contributed by atoms with Gasteiger partial charge in [0.2, 0.25) is 5.88 Å². The number of amides is 1. The van der Waals surface area contributed by atoms with Gasteiger partial charge >= 0.3 is 0 Å². The number of nitrogens with one attached hydrogen (secondary N) is 1. The number of nitrogens with zero attached hydrogens (tertiary/aromatic N) is 1. The van der Waals surface area contributed by atoms with Crippen molar-refractivity contribution in [2.24, 2.45) is 5.73 Å². The number of rotatable bonds is 5. The van der Waals surface area contributed by atoms with Gasteiger partial charge in [0.25, 0.3) is 5.91 Å². The van der Waals surface area contributed by atoms with Crippen LogP contribution in [-0.2, 0) is 24.2 Å². The number of pyridine rings is 1. The monoisotopic (exact) mass is 359 g/mol. The Morgan fingerprint density at radius 3 is 2.48 bits per heavy atom. The molecule has 1 aliphatic rings. The summed E-state index contributed by atoms with van der Waals surface area (Å²) in [7, 11) is 0. The molecule has 136 valence electrons. The van der Waals surface area contributed by atoms with Gasteiger partial charge in [-0.25, -0.2) is 4.98 Å². The molecule has 3 N–H and O–H groups in total. The number of ether oxygens (including phenoxy) is 1. The molecule has 0 unspecified atom stereocenters. The van der Waals surface area contributed by atoms with Crippen LogP contribution in [0.1, 0.15) is 16.8 Å². The minimum absolute atomic E-state index is 0.00464. The first-order valence-electron chi connectivity index (χ1n) is 9.03. The Kier molecular flexibility index (Phi) is 4.85. The van der Waals surface area contributed by atoms with E-state index in [0.29, 0.717) is 18.1 Å². The van der Waals surface area contributed by atoms with Gasteiger partial charge in [-0.2, -0.15) is 0 Å². The van der Waals surface area contributed by atoms with Crippen LogP contribution in [0.4, 0.5) is 5.69 Å². The fourth-order valence-electron chi connectivity index (χ4n) is 3.22. The van der Waals surface area contributed by atoms with Gasteiger partial charge in [-0.05, 0) is 35.6 Å². The summed E-state index contributed by atoms with van der Waals surface area (Å²) in [5.41, 5.74) is 11.7. The Morgan fingerprint density at radius 2 is 1.74 bits per heavy atom. The molecule has 0 spiro atoms. The second-order valence-electron chi connectivity index (χ2n) is 6.56. The van der Waals surface area contributed by atoms with Crippen molar-refractivity contribution in [1.29, 1.82) is 0 Å². The minimum Gasteiger partial charge on any atom is -0.466 e. The maximum Gasteiger partial charge on any atom is 0.262 e. The smallest absolute Gasteiger partial charge is 0.262 e. The largest absolute Gasteiger partial charge is 0.466 e. The summed E-state index contributed by atoms with van der Waals surface area (Å²) in [5.74, 6) is 0.332. The molecular formula is C22H21N3O2. The van der Waals surface area contributed by atoms with Crippen LogP contribution in [-0.4, -0.2) is 17.5 Å². The first-order chi connectivity index (χ1) is 13.2. The van der Waals surface area contributed by atoms with Crippen molar-refractivity contribution in [2.75, 3.05) is 11.9 Å². The van der Waals surface area contributed by atoms with Crippen molar-refractivity contribution in [3.63, 3.8) is 0 Å². The van der Waals surface area contributed by atoms with Gasteiger partial charge < -0.3 is 15.8 Å². The molecule has 3 aromatic rings. The fraction of sp³-hybridized carbons (Fsp3) is 0.182. The van der Waals surface area contributed by atoms with E-state index in [1.54, 1.807) is 0 Å². The van der Waals surface area contributed by atoms with E-state index in [1.807, 2.05) is 24.3 Å². The van der Waals surface area contributed by atoms with E-state index < -0.39 is 0 Å². The fourth-order valence-corrected chi connectivity index (χ4v) is 3.22. The Labute approximate surface area is 158 Å². The molecule has 1 aromatic heterocycles. The van der Waals surface area contributed by atoms with Crippen LogP contribution in [0, 0.1) is 0 Å². The molecule has 0 saturated heterocycles. The molecule has 0 aliphatic carbocycles. The van der Waals surface area contributed by atoms with E-state index in [9.17, 15) is 4.79 Å². The lowest BCUT2D eigenvalue weighted by Gasteiger charge is -2.20. The quantitative estimate of drug-likeness (QED) is 0.733. The number of benzene rings is 2. The van der Waals surface area contributed by atoms with Crippen LogP contribution in [0.15, 0.2) is 60.7 Å². The molecule has 0 bridgehead atoms. The van der Waals surface area contributed by atoms with Crippen LogP contribution < -0.4 is 15.8 Å². The molecule has 27 heavy (non-hydrogen) atoms. The zero-order valence-corrected chi connectivity index (χ0v) is 14.9. The van der Waals surface area contributed by atoms with Crippen molar-refractivity contribution in [3.8, 4) is 17.0 Å². The van der Waals surface area contributed by atoms with E-state index in [1.165, 1.54) is 5.56 Å². The van der Waals surface area contributed by atoms with Crippen LogP contribution in [0.2, 0.25) is 0 Å². The third kappa shape index (κ3) is 3.83. The topological polar surface area (TPSA) is 77.2 Å². The number of hydrogen-bond donors (Lipinski definition) is 2. The van der Waals surface area contributed by atoms with Crippen molar-refractivity contribution in [3.05, 3.63) is 77.5 Å². The average molecular weight is 359 g/mol. The third-order valence-corrected chi connectivity index (χ3v) is 4.67. The number of aryl methyl sites for hydroxylation is 2. The van der Waals surface area contributed by atoms with Gasteiger partial charge in [-0.3, -0.25) is 4.79 Å². The number of anilines is 1. The molecule has 4 rings (SSSR count). The number of hydrogen-bond acceptors (Lipinski definition) is 4. The predicted molar refractivity (Wildman–Crippen MR) is 106 cm³/mol. The SMILES string of the molecule is NCc1ccc(CCc2nc3c(cc2-c2ccccc2)NC(=O)CO3)cc1. The van der Waals surface area contributed by atoms with Gasteiger partial charge in [0.05, 0.1) is 5.69 Å². The average Bonchev–Trinajstić information content (AvgIpc) is 2.72. The van der Waals surface area contributed by atoms with Crippen molar-refractivity contribution in [2.45, 2.75) is 19.4 Å². The summed E-state index contributed by atoms with van der Waals surface area (Å²) in [6, 6.07) is 20.4. The van der Waals surface area contributed by atoms with E-state index >= 15 is 0 Å². The second-order valence-corrected chi connectivity index (χ2v) is 6.56. The number of carbonyl (C=O) groups excluding carboxylic acids is 1. The lowest BCUT2D eigenvalue weighted by Crippen LogP contribution is -2.26. The Balaban J connectivity index is 1.66. The van der Waals surface area contributed by atoms with Gasteiger partial charge in [0.15, 0.2) is 6.61 Å². The summed E-state index contributed by atoms with van der Waals surface area (Å²) in [4.78, 5) is 16.4. The lowest BCUT2D eigenvalue weighted by molar-refractivity contribution is -0.118. The first-order valence-corrected chi connectivity index (χ1v) is 9.03. The maximum absolute atomic E-state index is 11.6. The highest BCUT2D eigenvalue weighted by Gasteiger charge is 2.20. The summed E-state index contributed by atoms with van der Waals surface area (Å²) < 4.78 is 5.51. The van der Waals surface area contributed by atoms with Crippen LogP contribution in [0.3, 0.4) is 0 Å².